The number of hydrogen-bond acceptors (Lipinski definition) is 2. The molecular formula is C27H26FN3O. The Morgan fingerprint density at radius 3 is 2.50 bits per heavy atom. The number of nitrogens with one attached hydrogen (secondary N) is 1. The fourth-order valence-corrected chi connectivity index (χ4v) is 5.54. The number of nitrogens with zero attached hydrogens (tertiary/aromatic N) is 2. The average molecular weight is 428 g/mol. The third-order valence-electron chi connectivity index (χ3n) is 7.16. The first-order chi connectivity index (χ1) is 15.5. The van der Waals surface area contributed by atoms with Crippen molar-refractivity contribution in [3.05, 3.63) is 90.2 Å². The third kappa shape index (κ3) is 3.00. The molecule has 32 heavy (non-hydrogen) atoms. The van der Waals surface area contributed by atoms with E-state index in [1.807, 2.05) is 25.1 Å². The minimum Gasteiger partial charge on any atom is -0.316 e. The van der Waals surface area contributed by atoms with Crippen LogP contribution in [0.3, 0.4) is 0 Å². The van der Waals surface area contributed by atoms with Gasteiger partial charge in [0.1, 0.15) is 5.82 Å². The molecule has 1 fully saturated rings. The molecule has 2 heterocycles. The van der Waals surface area contributed by atoms with E-state index in [0.717, 1.165) is 28.9 Å². The van der Waals surface area contributed by atoms with E-state index in [0.29, 0.717) is 18.7 Å². The van der Waals surface area contributed by atoms with Crippen molar-refractivity contribution in [1.82, 2.24) is 5.32 Å². The Labute approximate surface area is 187 Å². The summed E-state index contributed by atoms with van der Waals surface area (Å²) in [5.41, 5.74) is 3.56. The number of urea groups is 1. The highest BCUT2D eigenvalue weighted by atomic mass is 19.1. The minimum atomic E-state index is -0.682. The first-order valence-corrected chi connectivity index (χ1v) is 11.0. The fraction of sp³-hybridized carbons (Fsp3) is 0.259. The van der Waals surface area contributed by atoms with Crippen molar-refractivity contribution >= 4 is 17.4 Å². The lowest BCUT2D eigenvalue weighted by Crippen LogP contribution is -2.70. The van der Waals surface area contributed by atoms with Crippen molar-refractivity contribution in [3.8, 4) is 11.1 Å². The van der Waals surface area contributed by atoms with Crippen LogP contribution in [-0.2, 0) is 5.41 Å². The zero-order valence-electron chi connectivity index (χ0n) is 18.3. The van der Waals surface area contributed by atoms with Crippen molar-refractivity contribution in [1.29, 1.82) is 0 Å². The molecule has 1 saturated heterocycles. The van der Waals surface area contributed by atoms with Gasteiger partial charge in [-0.1, -0.05) is 67.6 Å². The predicted octanol–water partition coefficient (Wildman–Crippen LogP) is 5.58. The van der Waals surface area contributed by atoms with Crippen LogP contribution in [0.1, 0.15) is 25.8 Å². The summed E-state index contributed by atoms with van der Waals surface area (Å²) in [6, 6.07) is 24.7. The van der Waals surface area contributed by atoms with Crippen LogP contribution in [-0.4, -0.2) is 30.4 Å². The van der Waals surface area contributed by atoms with Gasteiger partial charge in [-0.2, -0.15) is 0 Å². The molecule has 0 saturated carbocycles. The van der Waals surface area contributed by atoms with E-state index >= 15 is 0 Å². The van der Waals surface area contributed by atoms with E-state index in [9.17, 15) is 9.18 Å². The van der Waals surface area contributed by atoms with Crippen molar-refractivity contribution < 1.29 is 9.18 Å². The lowest BCUT2D eigenvalue weighted by molar-refractivity contribution is 0.220. The topological polar surface area (TPSA) is 44.7 Å². The molecule has 0 radical (unpaired) electrons. The number of amides is 2. The number of hydrogen-bond donors (Lipinski definition) is 1. The van der Waals surface area contributed by atoms with Crippen LogP contribution in [0.2, 0.25) is 0 Å². The third-order valence-corrected chi connectivity index (χ3v) is 7.16. The molecule has 2 unspecified atom stereocenters. The van der Waals surface area contributed by atoms with Gasteiger partial charge in [0, 0.05) is 23.4 Å². The number of rotatable bonds is 3. The van der Waals surface area contributed by atoms with Crippen LogP contribution in [0.25, 0.3) is 11.1 Å². The summed E-state index contributed by atoms with van der Waals surface area (Å²) < 4.78 is 14.2. The molecule has 5 heteroatoms. The van der Waals surface area contributed by atoms with Gasteiger partial charge in [0.25, 0.3) is 0 Å². The van der Waals surface area contributed by atoms with Gasteiger partial charge in [0.15, 0.2) is 0 Å². The molecule has 5 rings (SSSR count). The molecule has 162 valence electrons. The Morgan fingerprint density at radius 2 is 1.72 bits per heavy atom. The van der Waals surface area contributed by atoms with Crippen LogP contribution in [0.5, 0.6) is 0 Å². The van der Waals surface area contributed by atoms with Gasteiger partial charge in [-0.05, 0) is 54.8 Å². The summed E-state index contributed by atoms with van der Waals surface area (Å²) in [5.74, 6) is -0.364. The number of benzene rings is 3. The number of anilines is 1. The zero-order chi connectivity index (χ0) is 22.3. The van der Waals surface area contributed by atoms with Gasteiger partial charge in [-0.25, -0.2) is 14.2 Å². The Hall–Kier alpha value is -3.31. The smallest absolute Gasteiger partial charge is 0.316 e. The van der Waals surface area contributed by atoms with E-state index in [1.165, 1.54) is 12.1 Å². The molecule has 0 aliphatic carbocycles. The van der Waals surface area contributed by atoms with Crippen molar-refractivity contribution in [3.63, 3.8) is 0 Å². The average Bonchev–Trinajstić information content (AvgIpc) is 3.06. The van der Waals surface area contributed by atoms with Gasteiger partial charge in [0.05, 0.1) is 5.54 Å². The molecule has 0 aromatic heterocycles. The highest BCUT2D eigenvalue weighted by Crippen LogP contribution is 2.49. The van der Waals surface area contributed by atoms with Gasteiger partial charge in [-0.15, -0.1) is 0 Å². The first kappa shape index (κ1) is 20.6. The molecule has 2 amide bonds. The Kier molecular flexibility index (Phi) is 4.94. The largest absolute Gasteiger partial charge is 0.348 e. The monoisotopic (exact) mass is 427 g/mol. The highest BCUT2D eigenvalue weighted by molar-refractivity contribution is 6.17. The number of halogens is 1. The second kappa shape index (κ2) is 7.68. The summed E-state index contributed by atoms with van der Waals surface area (Å²) in [6.07, 6.45) is 0.691. The molecule has 1 spiro atoms. The van der Waals surface area contributed by atoms with Crippen LogP contribution in [0, 0.1) is 5.82 Å². The number of carbonyl (C=O) groups excluding carboxylic acids is 1. The van der Waals surface area contributed by atoms with E-state index in [4.69, 9.17) is 0 Å². The van der Waals surface area contributed by atoms with Gasteiger partial charge in [-0.3, -0.25) is 4.90 Å². The van der Waals surface area contributed by atoms with E-state index in [2.05, 4.69) is 53.6 Å². The summed E-state index contributed by atoms with van der Waals surface area (Å²) in [6.45, 7) is 5.55. The van der Waals surface area contributed by atoms with Gasteiger partial charge >= 0.3 is 6.03 Å². The second-order valence-electron chi connectivity index (χ2n) is 8.86. The summed E-state index contributed by atoms with van der Waals surface area (Å²) in [4.78, 5) is 19.3. The van der Waals surface area contributed by atoms with E-state index in [-0.39, 0.29) is 11.8 Å². The normalized spacial score (nSPS) is 25.3. The van der Waals surface area contributed by atoms with Gasteiger partial charge in [0.2, 0.25) is 0 Å². The fourth-order valence-electron chi connectivity index (χ4n) is 5.54. The SMILES string of the molecule is CC1=NC(=O)N(c2cccc(F)c2)C12CCNCC2(C)c1cccc(-c2ccccc2)c1. The summed E-state index contributed by atoms with van der Waals surface area (Å²) >= 11 is 0. The molecule has 2 aliphatic heterocycles. The second-order valence-corrected chi connectivity index (χ2v) is 8.86. The van der Waals surface area contributed by atoms with Crippen LogP contribution >= 0.6 is 0 Å². The van der Waals surface area contributed by atoms with Gasteiger partial charge < -0.3 is 5.32 Å². The molecule has 1 N–H and O–H groups in total. The molecule has 2 aliphatic rings. The molecule has 4 nitrogen and oxygen atoms in total. The van der Waals surface area contributed by atoms with Crippen molar-refractivity contribution in [2.75, 3.05) is 18.0 Å². The van der Waals surface area contributed by atoms with Crippen LogP contribution < -0.4 is 10.2 Å². The number of piperidine rings is 1. The molecule has 0 bridgehead atoms. The van der Waals surface area contributed by atoms with Crippen LogP contribution in [0.15, 0.2) is 83.9 Å². The van der Waals surface area contributed by atoms with E-state index in [1.54, 1.807) is 17.0 Å². The predicted molar refractivity (Wildman–Crippen MR) is 127 cm³/mol. The summed E-state index contributed by atoms with van der Waals surface area (Å²) in [7, 11) is 0. The van der Waals surface area contributed by atoms with Crippen LogP contribution in [0.4, 0.5) is 14.9 Å². The molecule has 3 aromatic rings. The highest BCUT2D eigenvalue weighted by Gasteiger charge is 2.61. The lowest BCUT2D eigenvalue weighted by atomic mass is 9.60. The minimum absolute atomic E-state index is 0.333. The standard InChI is InChI=1S/C27H26FN3O/c1-19-27(31(25(32)30-19)24-13-7-12-23(28)17-24)14-15-29-18-26(27,2)22-11-6-10-21(16-22)20-8-4-3-5-9-20/h3-13,16-17,29H,14-15,18H2,1-2H3. The van der Waals surface area contributed by atoms with Crippen molar-refractivity contribution in [2.24, 2.45) is 4.99 Å². The Balaban J connectivity index is 1.69. The summed E-state index contributed by atoms with van der Waals surface area (Å²) in [5, 5.41) is 3.54. The maximum Gasteiger partial charge on any atom is 0.348 e. The Bertz CT molecular complexity index is 1210. The molecule has 2 atom stereocenters. The quantitative estimate of drug-likeness (QED) is 0.593. The lowest BCUT2D eigenvalue weighted by Gasteiger charge is -2.54. The maximum absolute atomic E-state index is 14.2. The van der Waals surface area contributed by atoms with Crippen molar-refractivity contribution in [2.45, 2.75) is 31.2 Å². The number of aliphatic imine (C=N–C) groups is 1. The first-order valence-electron chi connectivity index (χ1n) is 11.0. The molecular weight excluding hydrogens is 401 g/mol. The molecule has 3 aromatic carbocycles. The van der Waals surface area contributed by atoms with E-state index < -0.39 is 11.0 Å². The Morgan fingerprint density at radius 1 is 0.969 bits per heavy atom. The number of carbonyl (C=O) groups is 1. The maximum atomic E-state index is 14.2. The zero-order valence-corrected chi connectivity index (χ0v) is 18.3.